The molecule has 0 spiro atoms. The monoisotopic (exact) mass is 378 g/mol. The third kappa shape index (κ3) is 3.04. The number of anilines is 1. The maximum atomic E-state index is 14.7. The largest absolute Gasteiger partial charge is 0.455 e. The highest BCUT2D eigenvalue weighted by molar-refractivity contribution is 6.07. The highest BCUT2D eigenvalue weighted by Gasteiger charge is 2.29. The predicted molar refractivity (Wildman–Crippen MR) is 97.7 cm³/mol. The highest BCUT2D eigenvalue weighted by atomic mass is 35.5. The van der Waals surface area contributed by atoms with Crippen molar-refractivity contribution in [1.82, 2.24) is 5.32 Å². The molecule has 0 unspecified atom stereocenters. The quantitative estimate of drug-likeness (QED) is 0.838. The Hall–Kier alpha value is -2.18. The number of furan rings is 1. The van der Waals surface area contributed by atoms with E-state index < -0.39 is 11.7 Å². The van der Waals surface area contributed by atoms with Crippen LogP contribution in [0, 0.1) is 12.7 Å². The summed E-state index contributed by atoms with van der Waals surface area (Å²) in [4.78, 5) is 24.6. The summed E-state index contributed by atoms with van der Waals surface area (Å²) in [5.41, 5.74) is 2.76. The Morgan fingerprint density at radius 3 is 2.85 bits per heavy atom. The van der Waals surface area contributed by atoms with Crippen LogP contribution in [0.25, 0.3) is 0 Å². The van der Waals surface area contributed by atoms with Gasteiger partial charge >= 0.3 is 0 Å². The van der Waals surface area contributed by atoms with Crippen molar-refractivity contribution in [2.45, 2.75) is 39.2 Å². The summed E-state index contributed by atoms with van der Waals surface area (Å²) in [7, 11) is 0. The van der Waals surface area contributed by atoms with Crippen LogP contribution in [0.1, 0.15) is 56.2 Å². The standard InChI is InChI=1S/C19H19FN2O3.ClH/c1-10-16-14(23)3-2-4-15(16)25-18(10)19(24)22-13-6-5-11-9-21-8-7-12(11)17(13)20;/h5-6,21H,2-4,7-9H2,1H3,(H,22,24);1H. The first-order valence-electron chi connectivity index (χ1n) is 8.54. The molecule has 2 aliphatic rings. The molecule has 5 nitrogen and oxygen atoms in total. The summed E-state index contributed by atoms with van der Waals surface area (Å²) in [5, 5.41) is 5.79. The molecule has 1 aromatic carbocycles. The molecular formula is C19H20ClFN2O3. The lowest BCUT2D eigenvalue weighted by atomic mass is 9.94. The number of benzene rings is 1. The molecule has 138 valence electrons. The third-order valence-corrected chi connectivity index (χ3v) is 4.97. The Kier molecular flexibility index (Phi) is 5.16. The van der Waals surface area contributed by atoms with Crippen LogP contribution in [0.3, 0.4) is 0 Å². The molecule has 0 saturated heterocycles. The predicted octanol–water partition coefficient (Wildman–Crippen LogP) is 3.57. The molecule has 2 aromatic rings. The average Bonchev–Trinajstić information content (AvgIpc) is 2.96. The van der Waals surface area contributed by atoms with Crippen LogP contribution in [-0.4, -0.2) is 18.2 Å². The number of carbonyl (C=O) groups is 2. The summed E-state index contributed by atoms with van der Waals surface area (Å²) in [5.74, 6) is -0.242. The van der Waals surface area contributed by atoms with Gasteiger partial charge in [-0.15, -0.1) is 12.4 Å². The van der Waals surface area contributed by atoms with Gasteiger partial charge in [0.1, 0.15) is 11.6 Å². The molecule has 1 aliphatic heterocycles. The van der Waals surface area contributed by atoms with Crippen LogP contribution in [-0.2, 0) is 19.4 Å². The number of hydrogen-bond acceptors (Lipinski definition) is 4. The summed E-state index contributed by atoms with van der Waals surface area (Å²) < 4.78 is 20.3. The minimum atomic E-state index is -0.521. The van der Waals surface area contributed by atoms with Crippen molar-refractivity contribution < 1.29 is 18.4 Å². The van der Waals surface area contributed by atoms with E-state index in [1.54, 1.807) is 13.0 Å². The Bertz CT molecular complexity index is 891. The molecule has 1 aliphatic carbocycles. The third-order valence-electron chi connectivity index (χ3n) is 4.97. The fourth-order valence-corrected chi connectivity index (χ4v) is 3.67. The average molecular weight is 379 g/mol. The van der Waals surface area contributed by atoms with Gasteiger partial charge in [-0.05, 0) is 43.5 Å². The maximum absolute atomic E-state index is 14.7. The zero-order valence-electron chi connectivity index (χ0n) is 14.4. The van der Waals surface area contributed by atoms with Gasteiger partial charge in [-0.2, -0.15) is 0 Å². The lowest BCUT2D eigenvalue weighted by Gasteiger charge is -2.19. The van der Waals surface area contributed by atoms with Gasteiger partial charge in [-0.1, -0.05) is 6.07 Å². The van der Waals surface area contributed by atoms with E-state index in [2.05, 4.69) is 10.6 Å². The number of halogens is 2. The zero-order chi connectivity index (χ0) is 17.6. The first-order chi connectivity index (χ1) is 12.1. The van der Waals surface area contributed by atoms with Crippen LogP contribution < -0.4 is 10.6 Å². The molecule has 0 atom stereocenters. The number of carbonyl (C=O) groups excluding carboxylic acids is 2. The van der Waals surface area contributed by atoms with E-state index in [0.29, 0.717) is 54.8 Å². The smallest absolute Gasteiger partial charge is 0.291 e. The normalized spacial score (nSPS) is 15.7. The molecule has 26 heavy (non-hydrogen) atoms. The zero-order valence-corrected chi connectivity index (χ0v) is 15.2. The molecule has 0 saturated carbocycles. The van der Waals surface area contributed by atoms with Crippen molar-refractivity contribution in [3.8, 4) is 0 Å². The first kappa shape index (κ1) is 18.6. The SMILES string of the molecule is Cc1c(C(=O)Nc2ccc3c(c2F)CCNC3)oc2c1C(=O)CCC2.Cl. The molecule has 0 bridgehead atoms. The van der Waals surface area contributed by atoms with Crippen LogP contribution in [0.4, 0.5) is 10.1 Å². The first-order valence-corrected chi connectivity index (χ1v) is 8.54. The van der Waals surface area contributed by atoms with Crippen molar-refractivity contribution in [3.63, 3.8) is 0 Å². The summed E-state index contributed by atoms with van der Waals surface area (Å²) in [6.45, 7) is 3.05. The van der Waals surface area contributed by atoms with Gasteiger partial charge in [0.25, 0.3) is 5.91 Å². The van der Waals surface area contributed by atoms with Gasteiger partial charge in [0.2, 0.25) is 0 Å². The minimum absolute atomic E-state index is 0. The maximum Gasteiger partial charge on any atom is 0.291 e. The van der Waals surface area contributed by atoms with Crippen LogP contribution in [0.5, 0.6) is 0 Å². The van der Waals surface area contributed by atoms with Crippen molar-refractivity contribution in [1.29, 1.82) is 0 Å². The van der Waals surface area contributed by atoms with Gasteiger partial charge in [-0.3, -0.25) is 9.59 Å². The number of fused-ring (bicyclic) bond motifs is 2. The number of nitrogens with one attached hydrogen (secondary N) is 2. The van der Waals surface area contributed by atoms with Gasteiger partial charge in [0.05, 0.1) is 11.3 Å². The molecular weight excluding hydrogens is 359 g/mol. The second kappa shape index (κ2) is 7.21. The summed E-state index contributed by atoms with van der Waals surface area (Å²) in [6, 6.07) is 3.39. The Labute approximate surface area is 156 Å². The molecule has 0 radical (unpaired) electrons. The minimum Gasteiger partial charge on any atom is -0.455 e. The summed E-state index contributed by atoms with van der Waals surface area (Å²) >= 11 is 0. The van der Waals surface area contributed by atoms with E-state index in [1.165, 1.54) is 0 Å². The van der Waals surface area contributed by atoms with Crippen LogP contribution in [0.2, 0.25) is 0 Å². The summed E-state index contributed by atoms with van der Waals surface area (Å²) in [6.07, 6.45) is 2.44. The van der Waals surface area contributed by atoms with Crippen LogP contribution >= 0.6 is 12.4 Å². The van der Waals surface area contributed by atoms with E-state index >= 15 is 0 Å². The second-order valence-corrected chi connectivity index (χ2v) is 6.58. The topological polar surface area (TPSA) is 71.3 Å². The van der Waals surface area contributed by atoms with E-state index in [1.807, 2.05) is 6.07 Å². The molecule has 1 amide bonds. The molecule has 1 aromatic heterocycles. The molecule has 2 N–H and O–H groups in total. The Morgan fingerprint density at radius 1 is 1.27 bits per heavy atom. The van der Waals surface area contributed by atoms with Crippen molar-refractivity contribution >= 4 is 29.8 Å². The number of amides is 1. The fraction of sp³-hybridized carbons (Fsp3) is 0.368. The van der Waals surface area contributed by atoms with E-state index in [0.717, 1.165) is 12.0 Å². The highest BCUT2D eigenvalue weighted by Crippen LogP contribution is 2.30. The van der Waals surface area contributed by atoms with Gasteiger partial charge in [0.15, 0.2) is 11.5 Å². The Balaban J connectivity index is 0.00000196. The van der Waals surface area contributed by atoms with Crippen molar-refractivity contribution in [2.75, 3.05) is 11.9 Å². The van der Waals surface area contributed by atoms with E-state index in [9.17, 15) is 14.0 Å². The number of hydrogen-bond donors (Lipinski definition) is 2. The van der Waals surface area contributed by atoms with Crippen molar-refractivity contribution in [2.24, 2.45) is 0 Å². The number of rotatable bonds is 2. The fourth-order valence-electron chi connectivity index (χ4n) is 3.67. The molecule has 4 rings (SSSR count). The van der Waals surface area contributed by atoms with Crippen molar-refractivity contribution in [3.05, 3.63) is 51.7 Å². The number of Topliss-reactive ketones (excluding diaryl/α,β-unsaturated/α-hetero) is 1. The lowest BCUT2D eigenvalue weighted by Crippen LogP contribution is -2.25. The van der Waals surface area contributed by atoms with E-state index in [4.69, 9.17) is 4.42 Å². The number of ketones is 1. The van der Waals surface area contributed by atoms with E-state index in [-0.39, 0.29) is 29.6 Å². The second-order valence-electron chi connectivity index (χ2n) is 6.58. The number of aryl methyl sites for hydroxylation is 1. The molecule has 2 heterocycles. The Morgan fingerprint density at radius 2 is 2.08 bits per heavy atom. The lowest BCUT2D eigenvalue weighted by molar-refractivity contribution is 0.0963. The molecule has 0 fully saturated rings. The van der Waals surface area contributed by atoms with Gasteiger partial charge < -0.3 is 15.1 Å². The molecule has 7 heteroatoms. The van der Waals surface area contributed by atoms with Gasteiger partial charge in [0, 0.05) is 24.9 Å². The van der Waals surface area contributed by atoms with Gasteiger partial charge in [-0.25, -0.2) is 4.39 Å². The van der Waals surface area contributed by atoms with Crippen LogP contribution in [0.15, 0.2) is 16.5 Å².